The zero-order chi connectivity index (χ0) is 13.6. The highest BCUT2D eigenvalue weighted by molar-refractivity contribution is 7.81. The molecule has 3 amide bonds. The first-order valence-corrected chi connectivity index (χ1v) is 6.14. The molecule has 1 unspecified atom stereocenters. The van der Waals surface area contributed by atoms with Gasteiger partial charge in [0.2, 0.25) is 5.91 Å². The molecule has 0 bridgehead atoms. The van der Waals surface area contributed by atoms with E-state index in [1.54, 1.807) is 13.2 Å². The molecule has 2 aliphatic rings. The van der Waals surface area contributed by atoms with E-state index in [0.29, 0.717) is 10.7 Å². The van der Waals surface area contributed by atoms with Crippen LogP contribution in [0.5, 0.6) is 0 Å². The van der Waals surface area contributed by atoms with Gasteiger partial charge in [0.1, 0.15) is 11.8 Å². The number of carbonyl (C=O) groups excluding carboxylic acids is 2. The minimum absolute atomic E-state index is 0.212. The van der Waals surface area contributed by atoms with Crippen molar-refractivity contribution in [3.63, 3.8) is 0 Å². The largest absolute Gasteiger partial charge is 0.331 e. The molecule has 2 heterocycles. The number of rotatable bonds is 1. The van der Waals surface area contributed by atoms with Gasteiger partial charge in [-0.1, -0.05) is 26.1 Å². The zero-order valence-electron chi connectivity index (χ0n) is 10.8. The van der Waals surface area contributed by atoms with Gasteiger partial charge in [0.25, 0.3) is 0 Å². The second-order valence-electron chi connectivity index (χ2n) is 4.76. The first kappa shape index (κ1) is 12.9. The summed E-state index contributed by atoms with van der Waals surface area (Å²) in [4.78, 5) is 31.3. The van der Waals surface area contributed by atoms with Gasteiger partial charge in [-0.05, 0) is 11.5 Å². The topological polar surface area (TPSA) is 53.0 Å². The molecule has 1 atom stereocenters. The van der Waals surface area contributed by atoms with Crippen molar-refractivity contribution in [2.24, 2.45) is 16.8 Å². The number of imide groups is 1. The van der Waals surface area contributed by atoms with Crippen LogP contribution in [-0.4, -0.2) is 46.5 Å². The van der Waals surface area contributed by atoms with Crippen LogP contribution in [0.2, 0.25) is 0 Å². The summed E-state index contributed by atoms with van der Waals surface area (Å²) in [5.74, 6) is -0.260. The number of amidine groups is 1. The van der Waals surface area contributed by atoms with Gasteiger partial charge in [0.05, 0.1) is 0 Å². The number of thiocarbonyl (C=S) groups is 1. The number of fused-ring (bicyclic) bond motifs is 1. The Labute approximate surface area is 111 Å². The smallest absolute Gasteiger partial charge is 0.284 e. The Balaban J connectivity index is 2.50. The number of aliphatic imine (C=N–C) groups is 1. The molecule has 6 heteroatoms. The summed E-state index contributed by atoms with van der Waals surface area (Å²) < 4.78 is 0. The lowest BCUT2D eigenvalue weighted by atomic mass is 9.87. The number of hydrogen-bond acceptors (Lipinski definition) is 4. The lowest BCUT2D eigenvalue weighted by molar-refractivity contribution is -0.128. The molecular formula is C12H15N3O2S. The van der Waals surface area contributed by atoms with E-state index in [2.05, 4.69) is 4.99 Å². The van der Waals surface area contributed by atoms with Gasteiger partial charge >= 0.3 is 6.03 Å². The van der Waals surface area contributed by atoms with Crippen molar-refractivity contribution < 1.29 is 9.59 Å². The van der Waals surface area contributed by atoms with E-state index < -0.39 is 5.92 Å². The van der Waals surface area contributed by atoms with Gasteiger partial charge in [-0.3, -0.25) is 14.6 Å². The maximum Gasteiger partial charge on any atom is 0.331 e. The molecule has 1 saturated heterocycles. The molecule has 2 rings (SSSR count). The van der Waals surface area contributed by atoms with Crippen LogP contribution in [0.4, 0.5) is 4.79 Å². The highest BCUT2D eigenvalue weighted by Crippen LogP contribution is 2.28. The molecule has 18 heavy (non-hydrogen) atoms. The highest BCUT2D eigenvalue weighted by Gasteiger charge is 2.45. The molecule has 0 radical (unpaired) electrons. The molecular weight excluding hydrogens is 250 g/mol. The van der Waals surface area contributed by atoms with Gasteiger partial charge in [-0.25, -0.2) is 9.79 Å². The first-order valence-electron chi connectivity index (χ1n) is 5.73. The standard InChI is InChI=1S/C12H15N3O2S/c1-6(2)7-5-13-10-8(9(7)18)11(16)15(4)12(17)14(10)3/h5-6,8H,1-4H3. The monoisotopic (exact) mass is 265 g/mol. The van der Waals surface area contributed by atoms with Gasteiger partial charge in [-0.15, -0.1) is 0 Å². The number of urea groups is 1. The second kappa shape index (κ2) is 4.28. The van der Waals surface area contributed by atoms with Crippen LogP contribution >= 0.6 is 12.2 Å². The van der Waals surface area contributed by atoms with E-state index in [1.807, 2.05) is 13.8 Å². The van der Waals surface area contributed by atoms with E-state index in [4.69, 9.17) is 12.2 Å². The Morgan fingerprint density at radius 2 is 1.89 bits per heavy atom. The molecule has 0 aromatic carbocycles. The molecule has 0 aromatic rings. The zero-order valence-corrected chi connectivity index (χ0v) is 11.6. The Morgan fingerprint density at radius 3 is 2.44 bits per heavy atom. The third-order valence-electron chi connectivity index (χ3n) is 3.26. The van der Waals surface area contributed by atoms with E-state index in [9.17, 15) is 9.59 Å². The van der Waals surface area contributed by atoms with E-state index in [-0.39, 0.29) is 17.9 Å². The molecule has 0 aliphatic carbocycles. The molecule has 0 spiro atoms. The highest BCUT2D eigenvalue weighted by atomic mass is 32.1. The minimum Gasteiger partial charge on any atom is -0.284 e. The van der Waals surface area contributed by atoms with Crippen LogP contribution in [0.25, 0.3) is 0 Å². The van der Waals surface area contributed by atoms with Crippen molar-refractivity contribution in [1.29, 1.82) is 0 Å². The molecule has 5 nitrogen and oxygen atoms in total. The summed E-state index contributed by atoms with van der Waals surface area (Å²) in [7, 11) is 3.07. The summed E-state index contributed by atoms with van der Waals surface area (Å²) in [5, 5.41) is 0. The Kier molecular flexibility index (Phi) is 3.06. The van der Waals surface area contributed by atoms with Crippen molar-refractivity contribution in [2.75, 3.05) is 14.1 Å². The number of allylic oxidation sites excluding steroid dienone is 1. The predicted octanol–water partition coefficient (Wildman–Crippen LogP) is 1.45. The lowest BCUT2D eigenvalue weighted by Crippen LogP contribution is -2.59. The third kappa shape index (κ3) is 1.68. The van der Waals surface area contributed by atoms with Crippen LogP contribution in [0.1, 0.15) is 13.8 Å². The second-order valence-corrected chi connectivity index (χ2v) is 5.20. The molecule has 0 N–H and O–H groups in total. The van der Waals surface area contributed by atoms with E-state index in [1.165, 1.54) is 11.9 Å². The fourth-order valence-electron chi connectivity index (χ4n) is 2.11. The minimum atomic E-state index is -0.602. The molecule has 96 valence electrons. The maximum absolute atomic E-state index is 12.2. The van der Waals surface area contributed by atoms with Crippen molar-refractivity contribution in [2.45, 2.75) is 13.8 Å². The van der Waals surface area contributed by atoms with Crippen molar-refractivity contribution >= 4 is 34.9 Å². The summed E-state index contributed by atoms with van der Waals surface area (Å²) in [5.41, 5.74) is 0.892. The summed E-state index contributed by atoms with van der Waals surface area (Å²) in [6.45, 7) is 4.01. The molecule has 2 aliphatic heterocycles. The molecule has 1 fully saturated rings. The Morgan fingerprint density at radius 1 is 1.28 bits per heavy atom. The molecule has 0 saturated carbocycles. The van der Waals surface area contributed by atoms with Gasteiger partial charge in [-0.2, -0.15) is 0 Å². The predicted molar refractivity (Wildman–Crippen MR) is 72.4 cm³/mol. The quantitative estimate of drug-likeness (QED) is 0.674. The van der Waals surface area contributed by atoms with Crippen LogP contribution in [0, 0.1) is 11.8 Å². The third-order valence-corrected chi connectivity index (χ3v) is 3.73. The normalized spacial score (nSPS) is 24.3. The van der Waals surface area contributed by atoms with Crippen LogP contribution in [0.15, 0.2) is 16.8 Å². The van der Waals surface area contributed by atoms with E-state index in [0.717, 1.165) is 10.5 Å². The van der Waals surface area contributed by atoms with Crippen LogP contribution in [-0.2, 0) is 4.79 Å². The fraction of sp³-hybridized carbons (Fsp3) is 0.500. The summed E-state index contributed by atoms with van der Waals surface area (Å²) >= 11 is 5.39. The number of carbonyl (C=O) groups is 2. The summed E-state index contributed by atoms with van der Waals surface area (Å²) in [6.07, 6.45) is 1.67. The Hall–Kier alpha value is -1.56. The molecule has 0 aromatic heterocycles. The number of hydrogen-bond donors (Lipinski definition) is 0. The fourth-order valence-corrected chi connectivity index (χ4v) is 2.60. The lowest BCUT2D eigenvalue weighted by Gasteiger charge is -2.38. The number of nitrogens with zero attached hydrogens (tertiary/aromatic N) is 3. The SMILES string of the molecule is CC(C)C1=CN=C2C(C(=O)N(C)C(=O)N2C)C1=S. The van der Waals surface area contributed by atoms with Crippen molar-refractivity contribution in [3.8, 4) is 0 Å². The van der Waals surface area contributed by atoms with Gasteiger partial charge in [0.15, 0.2) is 0 Å². The first-order chi connectivity index (χ1) is 8.36. The summed E-state index contributed by atoms with van der Waals surface area (Å²) in [6, 6.07) is -0.376. The maximum atomic E-state index is 12.2. The van der Waals surface area contributed by atoms with Gasteiger partial charge in [0, 0.05) is 25.2 Å². The van der Waals surface area contributed by atoms with Crippen molar-refractivity contribution in [1.82, 2.24) is 9.80 Å². The van der Waals surface area contributed by atoms with E-state index >= 15 is 0 Å². The van der Waals surface area contributed by atoms with Crippen LogP contribution < -0.4 is 0 Å². The van der Waals surface area contributed by atoms with Gasteiger partial charge < -0.3 is 0 Å². The Bertz CT molecular complexity index is 507. The average molecular weight is 265 g/mol. The average Bonchev–Trinajstić information content (AvgIpc) is 2.32. The number of amides is 3. The van der Waals surface area contributed by atoms with Crippen molar-refractivity contribution in [3.05, 3.63) is 11.8 Å². The van der Waals surface area contributed by atoms with Crippen LogP contribution in [0.3, 0.4) is 0 Å².